The van der Waals surface area contributed by atoms with Crippen LogP contribution in [0.5, 0.6) is 0 Å². The first kappa shape index (κ1) is 9.96. The molecular weight excluding hydrogens is 273 g/mol. The van der Waals surface area contributed by atoms with Crippen LogP contribution in [0.4, 0.5) is 4.39 Å². The second kappa shape index (κ2) is 3.66. The molecule has 0 radical (unpaired) electrons. The minimum Gasteiger partial charge on any atom is -0.262 e. The molecule has 1 aliphatic carbocycles. The number of aromatic nitrogens is 3. The molecule has 3 rings (SSSR count). The van der Waals surface area contributed by atoms with Gasteiger partial charge in [-0.05, 0) is 47.0 Å². The Morgan fingerprint density at radius 1 is 1.38 bits per heavy atom. The van der Waals surface area contributed by atoms with Crippen LogP contribution in [0.2, 0.25) is 0 Å². The summed E-state index contributed by atoms with van der Waals surface area (Å²) in [5.74, 6) is 1.71. The van der Waals surface area contributed by atoms with Gasteiger partial charge in [-0.15, -0.1) is 0 Å². The second-order valence-electron chi connectivity index (χ2n) is 3.95. The molecule has 0 atom stereocenters. The highest BCUT2D eigenvalue weighted by Gasteiger charge is 2.27. The topological polar surface area (TPSA) is 41.6 Å². The van der Waals surface area contributed by atoms with Gasteiger partial charge >= 0.3 is 0 Å². The van der Waals surface area contributed by atoms with E-state index in [2.05, 4.69) is 31.1 Å². The molecule has 5 heteroatoms. The summed E-state index contributed by atoms with van der Waals surface area (Å²) in [7, 11) is 0. The van der Waals surface area contributed by atoms with E-state index in [1.54, 1.807) is 12.1 Å². The van der Waals surface area contributed by atoms with Gasteiger partial charge in [0.25, 0.3) is 0 Å². The summed E-state index contributed by atoms with van der Waals surface area (Å²) >= 11 is 3.12. The van der Waals surface area contributed by atoms with E-state index < -0.39 is 0 Å². The van der Waals surface area contributed by atoms with Gasteiger partial charge in [0.05, 0.1) is 4.47 Å². The van der Waals surface area contributed by atoms with Crippen molar-refractivity contribution in [1.82, 2.24) is 15.2 Å². The van der Waals surface area contributed by atoms with Crippen LogP contribution in [0.15, 0.2) is 22.7 Å². The summed E-state index contributed by atoms with van der Waals surface area (Å²) in [6, 6.07) is 4.90. The van der Waals surface area contributed by atoms with E-state index in [9.17, 15) is 4.39 Å². The van der Waals surface area contributed by atoms with Gasteiger partial charge in [0, 0.05) is 11.5 Å². The lowest BCUT2D eigenvalue weighted by molar-refractivity contribution is 0.621. The van der Waals surface area contributed by atoms with Crippen molar-refractivity contribution < 1.29 is 4.39 Å². The monoisotopic (exact) mass is 281 g/mol. The number of halogens is 2. The van der Waals surface area contributed by atoms with Crippen molar-refractivity contribution in [2.75, 3.05) is 0 Å². The van der Waals surface area contributed by atoms with Gasteiger partial charge < -0.3 is 0 Å². The largest absolute Gasteiger partial charge is 0.262 e. The molecule has 16 heavy (non-hydrogen) atoms. The molecule has 1 heterocycles. The molecule has 0 spiro atoms. The average molecular weight is 282 g/mol. The quantitative estimate of drug-likeness (QED) is 0.918. The molecule has 2 aromatic rings. The fourth-order valence-corrected chi connectivity index (χ4v) is 1.82. The van der Waals surface area contributed by atoms with Gasteiger partial charge in [-0.25, -0.2) is 9.37 Å². The lowest BCUT2D eigenvalue weighted by Gasteiger charge is -1.97. The highest BCUT2D eigenvalue weighted by molar-refractivity contribution is 9.10. The summed E-state index contributed by atoms with van der Waals surface area (Å²) in [6.07, 6.45) is 2.34. The molecule has 1 aromatic carbocycles. The van der Waals surface area contributed by atoms with Crippen molar-refractivity contribution in [3.8, 4) is 11.4 Å². The summed E-state index contributed by atoms with van der Waals surface area (Å²) in [6.45, 7) is 0. The Morgan fingerprint density at radius 3 is 2.88 bits per heavy atom. The van der Waals surface area contributed by atoms with Crippen molar-refractivity contribution in [3.63, 3.8) is 0 Å². The van der Waals surface area contributed by atoms with Crippen molar-refractivity contribution in [2.24, 2.45) is 0 Å². The van der Waals surface area contributed by atoms with E-state index in [4.69, 9.17) is 0 Å². The Morgan fingerprint density at radius 2 is 2.19 bits per heavy atom. The second-order valence-corrected chi connectivity index (χ2v) is 4.80. The number of benzene rings is 1. The first-order valence-electron chi connectivity index (χ1n) is 5.12. The Bertz CT molecular complexity index is 534. The van der Waals surface area contributed by atoms with Crippen LogP contribution >= 0.6 is 15.9 Å². The third kappa shape index (κ3) is 1.75. The van der Waals surface area contributed by atoms with Crippen LogP contribution in [0.1, 0.15) is 24.6 Å². The summed E-state index contributed by atoms with van der Waals surface area (Å²) in [4.78, 5) is 4.36. The zero-order valence-electron chi connectivity index (χ0n) is 8.37. The van der Waals surface area contributed by atoms with Gasteiger partial charge in [0.1, 0.15) is 11.6 Å². The van der Waals surface area contributed by atoms with Gasteiger partial charge in [0.2, 0.25) is 0 Å². The lowest BCUT2D eigenvalue weighted by Crippen LogP contribution is -1.84. The maximum absolute atomic E-state index is 13.3. The molecule has 0 saturated heterocycles. The molecule has 0 bridgehead atoms. The number of rotatable bonds is 2. The Labute approximate surface area is 100 Å². The van der Waals surface area contributed by atoms with Crippen LogP contribution in [0, 0.1) is 5.82 Å². The average Bonchev–Trinajstić information content (AvgIpc) is 3.01. The first-order valence-corrected chi connectivity index (χ1v) is 5.91. The Kier molecular flexibility index (Phi) is 2.28. The molecule has 0 aliphatic heterocycles. The molecule has 1 fully saturated rings. The van der Waals surface area contributed by atoms with E-state index in [-0.39, 0.29) is 5.82 Å². The number of nitrogens with zero attached hydrogens (tertiary/aromatic N) is 2. The molecule has 82 valence electrons. The minimum atomic E-state index is -0.296. The van der Waals surface area contributed by atoms with Gasteiger partial charge in [-0.1, -0.05) is 0 Å². The first-order chi connectivity index (χ1) is 7.74. The molecule has 1 saturated carbocycles. The van der Waals surface area contributed by atoms with Crippen molar-refractivity contribution in [1.29, 1.82) is 0 Å². The normalized spacial score (nSPS) is 15.4. The van der Waals surface area contributed by atoms with E-state index in [1.807, 2.05) is 0 Å². The van der Waals surface area contributed by atoms with Gasteiger partial charge in [-0.3, -0.25) is 5.10 Å². The molecule has 1 N–H and O–H groups in total. The predicted octanol–water partition coefficient (Wildman–Crippen LogP) is 3.25. The number of aromatic amines is 1. The molecule has 0 amide bonds. The summed E-state index contributed by atoms with van der Waals surface area (Å²) in [5, 5.41) is 7.01. The van der Waals surface area contributed by atoms with Crippen LogP contribution < -0.4 is 0 Å². The van der Waals surface area contributed by atoms with Crippen LogP contribution in [0.3, 0.4) is 0 Å². The SMILES string of the molecule is Fc1cc(-c2n[nH]c(C3CC3)n2)ccc1Br. The number of hydrogen-bond acceptors (Lipinski definition) is 2. The van der Waals surface area contributed by atoms with Crippen LogP contribution in [0.25, 0.3) is 11.4 Å². The van der Waals surface area contributed by atoms with E-state index in [0.29, 0.717) is 21.8 Å². The minimum absolute atomic E-state index is 0.296. The number of hydrogen-bond donors (Lipinski definition) is 1. The molecular formula is C11H9BrFN3. The smallest absolute Gasteiger partial charge is 0.181 e. The van der Waals surface area contributed by atoms with Crippen molar-refractivity contribution in [3.05, 3.63) is 34.3 Å². The molecule has 3 nitrogen and oxygen atoms in total. The Balaban J connectivity index is 1.97. The van der Waals surface area contributed by atoms with E-state index in [1.165, 1.54) is 18.9 Å². The standard InChI is InChI=1S/C11H9BrFN3/c12-8-4-3-7(5-9(8)13)11-14-10(15-16-11)6-1-2-6/h3-6H,1-2H2,(H,14,15,16). The zero-order valence-corrected chi connectivity index (χ0v) is 9.96. The number of H-pyrrole nitrogens is 1. The number of nitrogens with one attached hydrogen (secondary N) is 1. The summed E-state index contributed by atoms with van der Waals surface area (Å²) in [5.41, 5.74) is 0.698. The fourth-order valence-electron chi connectivity index (χ4n) is 1.58. The highest BCUT2D eigenvalue weighted by atomic mass is 79.9. The van der Waals surface area contributed by atoms with E-state index >= 15 is 0 Å². The van der Waals surface area contributed by atoms with Crippen molar-refractivity contribution >= 4 is 15.9 Å². The van der Waals surface area contributed by atoms with Gasteiger partial charge in [0.15, 0.2) is 5.82 Å². The zero-order chi connectivity index (χ0) is 11.1. The van der Waals surface area contributed by atoms with Crippen LogP contribution in [-0.4, -0.2) is 15.2 Å². The predicted molar refractivity (Wildman–Crippen MR) is 61.5 cm³/mol. The van der Waals surface area contributed by atoms with Gasteiger partial charge in [-0.2, -0.15) is 5.10 Å². The maximum Gasteiger partial charge on any atom is 0.181 e. The summed E-state index contributed by atoms with van der Waals surface area (Å²) < 4.78 is 13.8. The molecule has 1 aromatic heterocycles. The third-order valence-corrected chi connectivity index (χ3v) is 3.29. The molecule has 1 aliphatic rings. The van der Waals surface area contributed by atoms with Crippen molar-refractivity contribution in [2.45, 2.75) is 18.8 Å². The maximum atomic E-state index is 13.3. The fraction of sp³-hybridized carbons (Fsp3) is 0.273. The van der Waals surface area contributed by atoms with Crippen LogP contribution in [-0.2, 0) is 0 Å². The lowest BCUT2D eigenvalue weighted by atomic mass is 10.2. The third-order valence-electron chi connectivity index (χ3n) is 2.64. The van der Waals surface area contributed by atoms with E-state index in [0.717, 1.165) is 5.82 Å². The molecule has 0 unspecified atom stereocenters. The highest BCUT2D eigenvalue weighted by Crippen LogP contribution is 2.38. The Hall–Kier alpha value is -1.23.